The molecule has 1 amide bonds. The smallest absolute Gasteiger partial charge is 0.407 e. The molecule has 0 aromatic rings. The zero-order valence-corrected chi connectivity index (χ0v) is 10.1. The van der Waals surface area contributed by atoms with Gasteiger partial charge in [-0.2, -0.15) is 0 Å². The molecule has 0 aromatic heterocycles. The molecule has 0 aromatic carbocycles. The van der Waals surface area contributed by atoms with E-state index in [1.54, 1.807) is 26.8 Å². The van der Waals surface area contributed by atoms with Crippen molar-refractivity contribution in [3.05, 3.63) is 12.7 Å². The van der Waals surface area contributed by atoms with Gasteiger partial charge >= 0.3 is 6.09 Å². The van der Waals surface area contributed by atoms with Crippen LogP contribution in [0.25, 0.3) is 0 Å². The van der Waals surface area contributed by atoms with E-state index in [1.165, 1.54) is 0 Å². The first-order valence-electron chi connectivity index (χ1n) is 5.46. The largest absolute Gasteiger partial charge is 0.444 e. The van der Waals surface area contributed by atoms with E-state index in [0.717, 1.165) is 0 Å². The summed E-state index contributed by atoms with van der Waals surface area (Å²) in [5, 5.41) is 2.71. The zero-order chi connectivity index (χ0) is 12.3. The summed E-state index contributed by atoms with van der Waals surface area (Å²) in [7, 11) is 0. The van der Waals surface area contributed by atoms with Crippen molar-refractivity contribution in [2.45, 2.75) is 45.3 Å². The molecular formula is C12H19NO3. The van der Waals surface area contributed by atoms with Crippen LogP contribution in [0.1, 0.15) is 33.6 Å². The number of hydrogen-bond acceptors (Lipinski definition) is 3. The van der Waals surface area contributed by atoms with Gasteiger partial charge in [0.15, 0.2) is 0 Å². The number of amides is 1. The van der Waals surface area contributed by atoms with Crippen LogP contribution < -0.4 is 5.32 Å². The lowest BCUT2D eigenvalue weighted by Gasteiger charge is -2.35. The van der Waals surface area contributed by atoms with Crippen molar-refractivity contribution in [1.82, 2.24) is 5.32 Å². The summed E-state index contributed by atoms with van der Waals surface area (Å²) < 4.78 is 5.12. The van der Waals surface area contributed by atoms with Crippen LogP contribution >= 0.6 is 0 Å². The molecule has 1 N–H and O–H groups in total. The van der Waals surface area contributed by atoms with Gasteiger partial charge in [0.25, 0.3) is 0 Å². The Morgan fingerprint density at radius 2 is 2.25 bits per heavy atom. The lowest BCUT2D eigenvalue weighted by molar-refractivity contribution is -0.131. The summed E-state index contributed by atoms with van der Waals surface area (Å²) in [4.78, 5) is 22.7. The van der Waals surface area contributed by atoms with E-state index in [-0.39, 0.29) is 17.7 Å². The van der Waals surface area contributed by atoms with Crippen molar-refractivity contribution in [2.75, 3.05) is 0 Å². The van der Waals surface area contributed by atoms with E-state index < -0.39 is 11.7 Å². The Bertz CT molecular complexity index is 304. The SMILES string of the molecule is C=CCC1C(=O)CC1NC(=O)OC(C)(C)C. The van der Waals surface area contributed by atoms with E-state index in [2.05, 4.69) is 11.9 Å². The number of rotatable bonds is 3. The van der Waals surface area contributed by atoms with Crippen LogP contribution in [-0.4, -0.2) is 23.5 Å². The average molecular weight is 225 g/mol. The summed E-state index contributed by atoms with van der Waals surface area (Å²) >= 11 is 0. The summed E-state index contributed by atoms with van der Waals surface area (Å²) in [5.74, 6) is 0.0611. The van der Waals surface area contributed by atoms with Crippen molar-refractivity contribution in [1.29, 1.82) is 0 Å². The molecule has 0 radical (unpaired) electrons. The lowest BCUT2D eigenvalue weighted by atomic mass is 9.76. The first-order chi connectivity index (χ1) is 7.33. The van der Waals surface area contributed by atoms with Gasteiger partial charge in [-0.25, -0.2) is 4.79 Å². The molecule has 1 aliphatic rings. The fraction of sp³-hybridized carbons (Fsp3) is 0.667. The van der Waals surface area contributed by atoms with Gasteiger partial charge in [-0.3, -0.25) is 4.79 Å². The standard InChI is InChI=1S/C12H19NO3/c1-5-6-8-9(7-10(8)14)13-11(15)16-12(2,3)4/h5,8-9H,1,6-7H2,2-4H3,(H,13,15). The van der Waals surface area contributed by atoms with Crippen LogP contribution in [0.2, 0.25) is 0 Å². The Labute approximate surface area is 96.0 Å². The molecule has 90 valence electrons. The minimum atomic E-state index is -0.508. The molecule has 1 fully saturated rings. The first kappa shape index (κ1) is 12.7. The Morgan fingerprint density at radius 1 is 1.62 bits per heavy atom. The Hall–Kier alpha value is -1.32. The second kappa shape index (κ2) is 4.68. The number of carbonyl (C=O) groups is 2. The molecule has 0 heterocycles. The maximum absolute atomic E-state index is 11.4. The second-order valence-electron chi connectivity index (χ2n) is 5.05. The molecule has 1 aliphatic carbocycles. The van der Waals surface area contributed by atoms with E-state index >= 15 is 0 Å². The van der Waals surface area contributed by atoms with E-state index in [4.69, 9.17) is 4.74 Å². The molecule has 2 atom stereocenters. The number of carbonyl (C=O) groups excluding carboxylic acids is 2. The fourth-order valence-electron chi connectivity index (χ4n) is 1.66. The molecule has 0 spiro atoms. The van der Waals surface area contributed by atoms with Crippen LogP contribution in [0, 0.1) is 5.92 Å². The van der Waals surface area contributed by atoms with Crippen LogP contribution in [-0.2, 0) is 9.53 Å². The highest BCUT2D eigenvalue weighted by atomic mass is 16.6. The van der Waals surface area contributed by atoms with E-state index in [0.29, 0.717) is 12.8 Å². The normalized spacial score (nSPS) is 24.6. The third-order valence-corrected chi connectivity index (χ3v) is 2.44. The summed E-state index contributed by atoms with van der Waals surface area (Å²) in [5.41, 5.74) is -0.508. The van der Waals surface area contributed by atoms with Crippen molar-refractivity contribution in [3.63, 3.8) is 0 Å². The highest BCUT2D eigenvalue weighted by Crippen LogP contribution is 2.27. The third kappa shape index (κ3) is 3.36. The predicted molar refractivity (Wildman–Crippen MR) is 61.1 cm³/mol. The third-order valence-electron chi connectivity index (χ3n) is 2.44. The van der Waals surface area contributed by atoms with Crippen molar-refractivity contribution in [3.8, 4) is 0 Å². The molecule has 0 bridgehead atoms. The molecule has 1 saturated carbocycles. The number of ketones is 1. The molecule has 4 nitrogen and oxygen atoms in total. The maximum Gasteiger partial charge on any atom is 0.407 e. The summed E-state index contributed by atoms with van der Waals surface area (Å²) in [6.45, 7) is 9.01. The number of ether oxygens (including phenoxy) is 1. The highest BCUT2D eigenvalue weighted by molar-refractivity contribution is 5.90. The second-order valence-corrected chi connectivity index (χ2v) is 5.05. The maximum atomic E-state index is 11.4. The molecule has 0 saturated heterocycles. The minimum Gasteiger partial charge on any atom is -0.444 e. The van der Waals surface area contributed by atoms with Gasteiger partial charge in [-0.05, 0) is 27.2 Å². The van der Waals surface area contributed by atoms with Crippen LogP contribution in [0.4, 0.5) is 4.79 Å². The molecular weight excluding hydrogens is 206 g/mol. The van der Waals surface area contributed by atoms with Crippen molar-refractivity contribution < 1.29 is 14.3 Å². The number of hydrogen-bond donors (Lipinski definition) is 1. The van der Waals surface area contributed by atoms with Gasteiger partial charge in [0, 0.05) is 18.4 Å². The number of nitrogens with one attached hydrogen (secondary N) is 1. The average Bonchev–Trinajstić information content (AvgIpc) is 2.10. The Morgan fingerprint density at radius 3 is 2.69 bits per heavy atom. The van der Waals surface area contributed by atoms with Crippen LogP contribution in [0.5, 0.6) is 0 Å². The van der Waals surface area contributed by atoms with Gasteiger partial charge in [-0.1, -0.05) is 6.08 Å². The van der Waals surface area contributed by atoms with Crippen molar-refractivity contribution in [2.24, 2.45) is 5.92 Å². The minimum absolute atomic E-state index is 0.0969. The zero-order valence-electron chi connectivity index (χ0n) is 10.1. The lowest BCUT2D eigenvalue weighted by Crippen LogP contribution is -2.53. The highest BCUT2D eigenvalue weighted by Gasteiger charge is 2.40. The molecule has 1 rings (SSSR count). The Kier molecular flexibility index (Phi) is 3.73. The quantitative estimate of drug-likeness (QED) is 0.748. The fourth-order valence-corrected chi connectivity index (χ4v) is 1.66. The van der Waals surface area contributed by atoms with Crippen molar-refractivity contribution >= 4 is 11.9 Å². The van der Waals surface area contributed by atoms with Crippen LogP contribution in [0.15, 0.2) is 12.7 Å². The van der Waals surface area contributed by atoms with E-state index in [1.807, 2.05) is 0 Å². The Balaban J connectivity index is 2.41. The van der Waals surface area contributed by atoms with Gasteiger partial charge in [-0.15, -0.1) is 6.58 Å². The van der Waals surface area contributed by atoms with E-state index in [9.17, 15) is 9.59 Å². The molecule has 4 heteroatoms. The first-order valence-corrected chi connectivity index (χ1v) is 5.46. The predicted octanol–water partition coefficient (Wildman–Crippen LogP) is 2.04. The van der Waals surface area contributed by atoms with Gasteiger partial charge in [0.2, 0.25) is 0 Å². The number of allylic oxidation sites excluding steroid dienone is 1. The number of alkyl carbamates (subject to hydrolysis) is 1. The topological polar surface area (TPSA) is 55.4 Å². The van der Waals surface area contributed by atoms with Gasteiger partial charge in [0.1, 0.15) is 11.4 Å². The molecule has 2 unspecified atom stereocenters. The van der Waals surface area contributed by atoms with Crippen LogP contribution in [0.3, 0.4) is 0 Å². The monoisotopic (exact) mass is 225 g/mol. The molecule has 0 aliphatic heterocycles. The summed E-state index contributed by atoms with van der Waals surface area (Å²) in [6.07, 6.45) is 2.25. The number of Topliss-reactive ketones (excluding diaryl/α,β-unsaturated/α-hetero) is 1. The van der Waals surface area contributed by atoms with Gasteiger partial charge in [0.05, 0.1) is 0 Å². The van der Waals surface area contributed by atoms with Gasteiger partial charge < -0.3 is 10.1 Å². The molecule has 16 heavy (non-hydrogen) atoms. The summed E-state index contributed by atoms with van der Waals surface area (Å²) in [6, 6.07) is -0.0969.